The standard InChI is InChI=1S/C15H13N3/c16-8-11-6-3-7-14(15(11)17)18-9-12-4-1-2-5-13(12)10-18/h1-7H,9-10,17H2. The lowest BCUT2D eigenvalue weighted by Gasteiger charge is -2.20. The molecular weight excluding hydrogens is 222 g/mol. The summed E-state index contributed by atoms with van der Waals surface area (Å²) in [5.41, 5.74) is 10.8. The van der Waals surface area contributed by atoms with Crippen molar-refractivity contribution in [3.05, 3.63) is 59.2 Å². The number of nitrogen functional groups attached to an aromatic ring is 1. The molecule has 0 unspecified atom stereocenters. The predicted molar refractivity (Wildman–Crippen MR) is 71.9 cm³/mol. The normalized spacial score (nSPS) is 13.2. The lowest BCUT2D eigenvalue weighted by molar-refractivity contribution is 0.882. The van der Waals surface area contributed by atoms with Crippen LogP contribution < -0.4 is 10.6 Å². The fraction of sp³-hybridized carbons (Fsp3) is 0.133. The van der Waals surface area contributed by atoms with E-state index in [0.29, 0.717) is 11.3 Å². The molecule has 1 aliphatic rings. The van der Waals surface area contributed by atoms with E-state index in [2.05, 4.69) is 35.2 Å². The Morgan fingerprint density at radius 2 is 1.67 bits per heavy atom. The largest absolute Gasteiger partial charge is 0.396 e. The van der Waals surface area contributed by atoms with Crippen molar-refractivity contribution < 1.29 is 0 Å². The van der Waals surface area contributed by atoms with Crippen LogP contribution in [0.2, 0.25) is 0 Å². The summed E-state index contributed by atoms with van der Waals surface area (Å²) >= 11 is 0. The van der Waals surface area contributed by atoms with Gasteiger partial charge >= 0.3 is 0 Å². The maximum Gasteiger partial charge on any atom is 0.101 e. The minimum atomic E-state index is 0.545. The lowest BCUT2D eigenvalue weighted by atomic mass is 10.1. The molecule has 0 spiro atoms. The molecule has 0 amide bonds. The van der Waals surface area contributed by atoms with Gasteiger partial charge in [-0.1, -0.05) is 30.3 Å². The van der Waals surface area contributed by atoms with Gasteiger partial charge in [0.1, 0.15) is 6.07 Å². The van der Waals surface area contributed by atoms with E-state index in [1.54, 1.807) is 6.07 Å². The van der Waals surface area contributed by atoms with Gasteiger partial charge in [0.2, 0.25) is 0 Å². The van der Waals surface area contributed by atoms with E-state index in [-0.39, 0.29) is 0 Å². The number of anilines is 2. The highest BCUT2D eigenvalue weighted by Crippen LogP contribution is 2.33. The second-order valence-electron chi connectivity index (χ2n) is 4.47. The molecule has 0 aromatic heterocycles. The molecule has 0 fully saturated rings. The quantitative estimate of drug-likeness (QED) is 0.773. The van der Waals surface area contributed by atoms with E-state index in [0.717, 1.165) is 18.8 Å². The number of hydrogen-bond donors (Lipinski definition) is 1. The van der Waals surface area contributed by atoms with Gasteiger partial charge in [0.25, 0.3) is 0 Å². The van der Waals surface area contributed by atoms with Gasteiger partial charge in [-0.15, -0.1) is 0 Å². The molecule has 0 radical (unpaired) electrons. The molecule has 3 heteroatoms. The van der Waals surface area contributed by atoms with Gasteiger partial charge in [0.05, 0.1) is 16.9 Å². The van der Waals surface area contributed by atoms with Crippen LogP contribution in [-0.4, -0.2) is 0 Å². The van der Waals surface area contributed by atoms with Crippen LogP contribution >= 0.6 is 0 Å². The molecule has 0 bridgehead atoms. The first-order chi connectivity index (χ1) is 8.79. The summed E-state index contributed by atoms with van der Waals surface area (Å²) < 4.78 is 0. The first-order valence-corrected chi connectivity index (χ1v) is 5.90. The highest BCUT2D eigenvalue weighted by atomic mass is 15.2. The first kappa shape index (κ1) is 10.7. The molecule has 2 aromatic carbocycles. The van der Waals surface area contributed by atoms with E-state index in [1.807, 2.05) is 12.1 Å². The summed E-state index contributed by atoms with van der Waals surface area (Å²) in [6, 6.07) is 16.1. The van der Waals surface area contributed by atoms with Crippen LogP contribution in [0.15, 0.2) is 42.5 Å². The summed E-state index contributed by atoms with van der Waals surface area (Å²) in [7, 11) is 0. The van der Waals surface area contributed by atoms with Gasteiger partial charge in [-0.3, -0.25) is 0 Å². The van der Waals surface area contributed by atoms with Crippen molar-refractivity contribution >= 4 is 11.4 Å². The average Bonchev–Trinajstić information content (AvgIpc) is 2.82. The summed E-state index contributed by atoms with van der Waals surface area (Å²) in [5.74, 6) is 0. The highest BCUT2D eigenvalue weighted by Gasteiger charge is 2.20. The zero-order chi connectivity index (χ0) is 12.5. The lowest BCUT2D eigenvalue weighted by Crippen LogP contribution is -2.16. The van der Waals surface area contributed by atoms with Crippen LogP contribution in [0, 0.1) is 11.3 Å². The number of benzene rings is 2. The Morgan fingerprint density at radius 1 is 1.00 bits per heavy atom. The third-order valence-corrected chi connectivity index (χ3v) is 3.39. The summed E-state index contributed by atoms with van der Waals surface area (Å²) in [5, 5.41) is 9.01. The Bertz CT molecular complexity index is 615. The minimum Gasteiger partial charge on any atom is -0.396 e. The molecule has 88 valence electrons. The number of rotatable bonds is 1. The van der Waals surface area contributed by atoms with Gasteiger partial charge in [-0.05, 0) is 23.3 Å². The van der Waals surface area contributed by atoms with Crippen LogP contribution in [0.1, 0.15) is 16.7 Å². The van der Waals surface area contributed by atoms with Crippen LogP contribution in [0.4, 0.5) is 11.4 Å². The Morgan fingerprint density at radius 3 is 2.28 bits per heavy atom. The zero-order valence-electron chi connectivity index (χ0n) is 9.93. The number of hydrogen-bond acceptors (Lipinski definition) is 3. The van der Waals surface area contributed by atoms with E-state index >= 15 is 0 Å². The van der Waals surface area contributed by atoms with E-state index in [9.17, 15) is 0 Å². The summed E-state index contributed by atoms with van der Waals surface area (Å²) in [6.45, 7) is 1.71. The van der Waals surface area contributed by atoms with Crippen molar-refractivity contribution in [1.29, 1.82) is 5.26 Å². The van der Waals surface area contributed by atoms with Crippen molar-refractivity contribution in [2.45, 2.75) is 13.1 Å². The van der Waals surface area contributed by atoms with Crippen LogP contribution in [-0.2, 0) is 13.1 Å². The van der Waals surface area contributed by atoms with Gasteiger partial charge in [0, 0.05) is 13.1 Å². The highest BCUT2D eigenvalue weighted by molar-refractivity contribution is 5.74. The number of fused-ring (bicyclic) bond motifs is 1. The van der Waals surface area contributed by atoms with Crippen LogP contribution in [0.3, 0.4) is 0 Å². The van der Waals surface area contributed by atoms with Crippen LogP contribution in [0.5, 0.6) is 0 Å². The fourth-order valence-corrected chi connectivity index (χ4v) is 2.43. The molecule has 0 atom stereocenters. The molecule has 1 heterocycles. The molecule has 0 saturated heterocycles. The van der Waals surface area contributed by atoms with E-state index < -0.39 is 0 Å². The Balaban J connectivity index is 1.98. The van der Waals surface area contributed by atoms with Crippen molar-refractivity contribution in [2.24, 2.45) is 0 Å². The molecule has 2 N–H and O–H groups in total. The maximum absolute atomic E-state index is 9.01. The second kappa shape index (κ2) is 4.08. The maximum atomic E-state index is 9.01. The van der Waals surface area contributed by atoms with Crippen molar-refractivity contribution in [1.82, 2.24) is 0 Å². The molecule has 18 heavy (non-hydrogen) atoms. The van der Waals surface area contributed by atoms with E-state index in [1.165, 1.54) is 11.1 Å². The van der Waals surface area contributed by atoms with Gasteiger partial charge in [-0.25, -0.2) is 0 Å². The summed E-state index contributed by atoms with van der Waals surface area (Å²) in [6.07, 6.45) is 0. The first-order valence-electron chi connectivity index (χ1n) is 5.90. The molecule has 1 aliphatic heterocycles. The van der Waals surface area contributed by atoms with Gasteiger partial charge in [-0.2, -0.15) is 5.26 Å². The fourth-order valence-electron chi connectivity index (χ4n) is 2.43. The Hall–Kier alpha value is -2.47. The molecule has 2 aromatic rings. The van der Waals surface area contributed by atoms with Crippen molar-refractivity contribution in [3.8, 4) is 6.07 Å². The minimum absolute atomic E-state index is 0.545. The second-order valence-corrected chi connectivity index (χ2v) is 4.47. The van der Waals surface area contributed by atoms with Crippen molar-refractivity contribution in [2.75, 3.05) is 10.6 Å². The molecular formula is C15H13N3. The third kappa shape index (κ3) is 1.59. The topological polar surface area (TPSA) is 53.0 Å². The van der Waals surface area contributed by atoms with Gasteiger partial charge < -0.3 is 10.6 Å². The molecule has 0 aliphatic carbocycles. The molecule has 3 rings (SSSR count). The number of nitrogens with zero attached hydrogens (tertiary/aromatic N) is 2. The Labute approximate surface area is 106 Å². The monoisotopic (exact) mass is 235 g/mol. The smallest absolute Gasteiger partial charge is 0.101 e. The predicted octanol–water partition coefficient (Wildman–Crippen LogP) is 2.66. The molecule has 0 saturated carbocycles. The average molecular weight is 235 g/mol. The zero-order valence-corrected chi connectivity index (χ0v) is 9.93. The SMILES string of the molecule is N#Cc1cccc(N2Cc3ccccc3C2)c1N. The van der Waals surface area contributed by atoms with E-state index in [4.69, 9.17) is 11.0 Å². The number of nitrogens with two attached hydrogens (primary N) is 1. The third-order valence-electron chi connectivity index (χ3n) is 3.39. The Kier molecular flexibility index (Phi) is 2.42. The van der Waals surface area contributed by atoms with Gasteiger partial charge in [0.15, 0.2) is 0 Å². The van der Waals surface area contributed by atoms with Crippen LogP contribution in [0.25, 0.3) is 0 Å². The summed E-state index contributed by atoms with van der Waals surface area (Å²) in [4.78, 5) is 2.21. The number of para-hydroxylation sites is 1. The molecule has 3 nitrogen and oxygen atoms in total. The van der Waals surface area contributed by atoms with Crippen molar-refractivity contribution in [3.63, 3.8) is 0 Å². The number of nitriles is 1.